The second-order valence-corrected chi connectivity index (χ2v) is 7.37. The van der Waals surface area contributed by atoms with E-state index >= 15 is 0 Å². The van der Waals surface area contributed by atoms with Gasteiger partial charge in [-0.15, -0.1) is 0 Å². The van der Waals surface area contributed by atoms with Crippen LogP contribution in [-0.4, -0.2) is 18.5 Å². The Kier molecular flexibility index (Phi) is 5.66. The van der Waals surface area contributed by atoms with E-state index in [4.69, 9.17) is 5.73 Å². The van der Waals surface area contributed by atoms with Crippen LogP contribution in [0.2, 0.25) is 0 Å². The van der Waals surface area contributed by atoms with Gasteiger partial charge in [-0.3, -0.25) is 4.79 Å². The van der Waals surface area contributed by atoms with Crippen molar-refractivity contribution in [2.45, 2.75) is 19.5 Å². The molecule has 3 aromatic rings. The van der Waals surface area contributed by atoms with E-state index in [1.165, 1.54) is 16.8 Å². The van der Waals surface area contributed by atoms with Crippen molar-refractivity contribution in [1.29, 1.82) is 0 Å². The van der Waals surface area contributed by atoms with Crippen molar-refractivity contribution in [1.82, 2.24) is 5.32 Å². The highest BCUT2D eigenvalue weighted by atomic mass is 16.2. The molecule has 0 aromatic heterocycles. The Morgan fingerprint density at radius 1 is 0.933 bits per heavy atom. The van der Waals surface area contributed by atoms with E-state index in [9.17, 15) is 9.59 Å². The van der Waals surface area contributed by atoms with Crippen LogP contribution in [0.5, 0.6) is 0 Å². The maximum Gasteiger partial charge on any atom is 0.316 e. The van der Waals surface area contributed by atoms with Crippen LogP contribution in [0.25, 0.3) is 0 Å². The topological polar surface area (TPSA) is 87.5 Å². The summed E-state index contributed by atoms with van der Waals surface area (Å²) in [5.74, 6) is -0.208. The van der Waals surface area contributed by atoms with Crippen LogP contribution in [0.1, 0.15) is 27.0 Å². The van der Waals surface area contributed by atoms with Crippen LogP contribution in [0, 0.1) is 0 Å². The van der Waals surface area contributed by atoms with Crippen LogP contribution >= 0.6 is 0 Å². The number of nitrogens with zero attached hydrogens (tertiary/aromatic N) is 1. The Hall–Kier alpha value is -3.80. The summed E-state index contributed by atoms with van der Waals surface area (Å²) in [5.41, 5.74) is 11.1. The SMILES string of the molecule is NC(=O)Nc1cccc(C(=O)NCc2ccc(CN3CCc4ccccc43)cc2)c1. The lowest BCUT2D eigenvalue weighted by molar-refractivity contribution is 0.0951. The molecule has 0 spiro atoms. The van der Waals surface area contributed by atoms with Gasteiger partial charge in [-0.1, -0.05) is 48.5 Å². The van der Waals surface area contributed by atoms with Gasteiger partial charge in [0.25, 0.3) is 5.91 Å². The molecule has 3 aromatic carbocycles. The van der Waals surface area contributed by atoms with Crippen molar-refractivity contribution < 1.29 is 9.59 Å². The molecule has 0 unspecified atom stereocenters. The minimum absolute atomic E-state index is 0.208. The maximum absolute atomic E-state index is 12.4. The molecule has 6 nitrogen and oxygen atoms in total. The van der Waals surface area contributed by atoms with Crippen molar-refractivity contribution in [3.63, 3.8) is 0 Å². The van der Waals surface area contributed by atoms with Crippen LogP contribution in [0.4, 0.5) is 16.2 Å². The highest BCUT2D eigenvalue weighted by molar-refractivity contribution is 5.96. The number of hydrogen-bond donors (Lipinski definition) is 3. The van der Waals surface area contributed by atoms with Crippen molar-refractivity contribution in [3.8, 4) is 0 Å². The van der Waals surface area contributed by atoms with Crippen molar-refractivity contribution in [2.24, 2.45) is 5.73 Å². The van der Waals surface area contributed by atoms with Crippen molar-refractivity contribution in [3.05, 3.63) is 95.1 Å². The molecule has 152 valence electrons. The standard InChI is InChI=1S/C24H24N4O2/c25-24(30)27-21-6-3-5-20(14-21)23(29)26-15-17-8-10-18(11-9-17)16-28-13-12-19-4-1-2-7-22(19)28/h1-11,14H,12-13,15-16H2,(H,26,29)(H3,25,27,30). The molecule has 0 atom stereocenters. The normalized spacial score (nSPS) is 12.3. The highest BCUT2D eigenvalue weighted by Crippen LogP contribution is 2.28. The maximum atomic E-state index is 12.4. The molecule has 4 N–H and O–H groups in total. The molecule has 1 aliphatic heterocycles. The van der Waals surface area contributed by atoms with E-state index in [2.05, 4.69) is 51.9 Å². The first-order valence-electron chi connectivity index (χ1n) is 9.94. The Balaban J connectivity index is 1.33. The van der Waals surface area contributed by atoms with Gasteiger partial charge in [-0.25, -0.2) is 4.79 Å². The van der Waals surface area contributed by atoms with E-state index in [1.807, 2.05) is 12.1 Å². The average molecular weight is 400 g/mol. The highest BCUT2D eigenvalue weighted by Gasteiger charge is 2.18. The quantitative estimate of drug-likeness (QED) is 0.590. The number of urea groups is 1. The lowest BCUT2D eigenvalue weighted by Crippen LogP contribution is -2.23. The van der Waals surface area contributed by atoms with Crippen LogP contribution in [0.3, 0.4) is 0 Å². The first-order valence-corrected chi connectivity index (χ1v) is 9.94. The molecule has 0 aliphatic carbocycles. The first-order chi connectivity index (χ1) is 14.6. The number of rotatable bonds is 6. The smallest absolute Gasteiger partial charge is 0.316 e. The lowest BCUT2D eigenvalue weighted by atomic mass is 10.1. The summed E-state index contributed by atoms with van der Waals surface area (Å²) in [6.45, 7) is 2.35. The minimum Gasteiger partial charge on any atom is -0.367 e. The minimum atomic E-state index is -0.662. The third-order valence-corrected chi connectivity index (χ3v) is 5.23. The lowest BCUT2D eigenvalue weighted by Gasteiger charge is -2.19. The summed E-state index contributed by atoms with van der Waals surface area (Å²) in [6, 6.07) is 22.9. The molecule has 0 saturated heterocycles. The molecule has 0 saturated carbocycles. The fraction of sp³-hybridized carbons (Fsp3) is 0.167. The Morgan fingerprint density at radius 3 is 2.50 bits per heavy atom. The van der Waals surface area contributed by atoms with Gasteiger partial charge in [-0.2, -0.15) is 0 Å². The second kappa shape index (κ2) is 8.69. The van der Waals surface area contributed by atoms with Gasteiger partial charge in [0, 0.05) is 36.6 Å². The zero-order valence-corrected chi connectivity index (χ0v) is 16.6. The number of hydrogen-bond acceptors (Lipinski definition) is 3. The number of nitrogens with two attached hydrogens (primary N) is 1. The van der Waals surface area contributed by atoms with Crippen LogP contribution in [0.15, 0.2) is 72.8 Å². The van der Waals surface area contributed by atoms with Crippen LogP contribution < -0.4 is 21.3 Å². The first kappa shape index (κ1) is 19.5. The van der Waals surface area contributed by atoms with Gasteiger partial charge in [-0.05, 0) is 47.4 Å². The number of carbonyl (C=O) groups excluding carboxylic acids is 2. The third kappa shape index (κ3) is 4.60. The van der Waals surface area contributed by atoms with E-state index in [0.717, 1.165) is 25.1 Å². The molecule has 0 bridgehead atoms. The number of benzene rings is 3. The monoisotopic (exact) mass is 400 g/mol. The van der Waals surface area contributed by atoms with Gasteiger partial charge < -0.3 is 21.3 Å². The molecule has 3 amide bonds. The fourth-order valence-electron chi connectivity index (χ4n) is 3.72. The Labute approximate surface area is 175 Å². The van der Waals surface area contributed by atoms with Gasteiger partial charge in [0.05, 0.1) is 0 Å². The Morgan fingerprint density at radius 2 is 1.70 bits per heavy atom. The van der Waals surface area contributed by atoms with Gasteiger partial charge in [0.2, 0.25) is 0 Å². The molecule has 6 heteroatoms. The number of amides is 3. The summed E-state index contributed by atoms with van der Waals surface area (Å²) in [6.07, 6.45) is 1.09. The molecular weight excluding hydrogens is 376 g/mol. The predicted molar refractivity (Wildman–Crippen MR) is 118 cm³/mol. The number of fused-ring (bicyclic) bond motifs is 1. The molecule has 0 radical (unpaired) electrons. The molecule has 4 rings (SSSR count). The van der Waals surface area contributed by atoms with Gasteiger partial charge in [0.15, 0.2) is 0 Å². The molecule has 30 heavy (non-hydrogen) atoms. The summed E-state index contributed by atoms with van der Waals surface area (Å²) < 4.78 is 0. The van der Waals surface area contributed by atoms with E-state index in [1.54, 1.807) is 24.3 Å². The number of para-hydroxylation sites is 1. The molecule has 0 fully saturated rings. The third-order valence-electron chi connectivity index (χ3n) is 5.23. The summed E-state index contributed by atoms with van der Waals surface area (Å²) in [7, 11) is 0. The molecular formula is C24H24N4O2. The summed E-state index contributed by atoms with van der Waals surface area (Å²) in [5, 5.41) is 5.38. The molecule has 1 heterocycles. The van der Waals surface area contributed by atoms with Crippen LogP contribution in [-0.2, 0) is 19.5 Å². The molecule has 1 aliphatic rings. The number of anilines is 2. The number of primary amides is 1. The van der Waals surface area contributed by atoms with E-state index < -0.39 is 6.03 Å². The van der Waals surface area contributed by atoms with E-state index in [0.29, 0.717) is 17.8 Å². The summed E-state index contributed by atoms with van der Waals surface area (Å²) in [4.78, 5) is 25.8. The summed E-state index contributed by atoms with van der Waals surface area (Å²) >= 11 is 0. The van der Waals surface area contributed by atoms with Gasteiger partial charge in [0.1, 0.15) is 0 Å². The fourth-order valence-corrected chi connectivity index (χ4v) is 3.72. The largest absolute Gasteiger partial charge is 0.367 e. The average Bonchev–Trinajstić information content (AvgIpc) is 3.16. The predicted octanol–water partition coefficient (Wildman–Crippen LogP) is 3.67. The van der Waals surface area contributed by atoms with Crippen molar-refractivity contribution >= 4 is 23.3 Å². The Bertz CT molecular complexity index is 1060. The van der Waals surface area contributed by atoms with Gasteiger partial charge >= 0.3 is 6.03 Å². The second-order valence-electron chi connectivity index (χ2n) is 7.37. The van der Waals surface area contributed by atoms with Crippen molar-refractivity contribution in [2.75, 3.05) is 16.8 Å². The number of nitrogens with one attached hydrogen (secondary N) is 2. The zero-order chi connectivity index (χ0) is 20.9. The van der Waals surface area contributed by atoms with E-state index in [-0.39, 0.29) is 5.91 Å². The number of carbonyl (C=O) groups is 2. The zero-order valence-electron chi connectivity index (χ0n) is 16.6.